The van der Waals surface area contributed by atoms with Crippen LogP contribution in [0, 0.1) is 0 Å². The van der Waals surface area contributed by atoms with Crippen molar-refractivity contribution in [3.63, 3.8) is 0 Å². The van der Waals surface area contributed by atoms with Gasteiger partial charge in [0.05, 0.1) is 0 Å². The fourth-order valence-electron chi connectivity index (χ4n) is 2.89. The second-order valence-electron chi connectivity index (χ2n) is 5.40. The van der Waals surface area contributed by atoms with Crippen molar-refractivity contribution in [3.05, 3.63) is 29.3 Å². The molecule has 0 atom stereocenters. The Morgan fingerprint density at radius 3 is 2.32 bits per heavy atom. The number of ketones is 2. The second-order valence-corrected chi connectivity index (χ2v) is 5.40. The molecule has 0 aromatic heterocycles. The summed E-state index contributed by atoms with van der Waals surface area (Å²) in [5.41, 5.74) is 1.94. The van der Waals surface area contributed by atoms with Crippen molar-refractivity contribution in [1.29, 1.82) is 0 Å². The molecule has 2 N–H and O–H groups in total. The van der Waals surface area contributed by atoms with Gasteiger partial charge in [-0.2, -0.15) is 5.90 Å². The van der Waals surface area contributed by atoms with E-state index < -0.39 is 5.92 Å². The first-order chi connectivity index (χ1) is 9.20. The third-order valence-corrected chi connectivity index (χ3v) is 4.01. The van der Waals surface area contributed by atoms with Gasteiger partial charge in [-0.15, -0.1) is 0 Å². The number of hydrogen-bond donors (Lipinski definition) is 1. The number of nitrogens with two attached hydrogens (primary N) is 1. The van der Waals surface area contributed by atoms with Gasteiger partial charge in [-0.3, -0.25) is 9.59 Å². The van der Waals surface area contributed by atoms with Gasteiger partial charge in [0.2, 0.25) is 0 Å². The highest BCUT2D eigenvalue weighted by Gasteiger charge is 2.36. The molecule has 0 saturated heterocycles. The van der Waals surface area contributed by atoms with Gasteiger partial charge in [-0.05, 0) is 48.4 Å². The molecule has 100 valence electrons. The van der Waals surface area contributed by atoms with E-state index in [9.17, 15) is 9.59 Å². The lowest BCUT2D eigenvalue weighted by molar-refractivity contribution is -0.131. The highest BCUT2D eigenvalue weighted by molar-refractivity contribution is 6.09. The summed E-state index contributed by atoms with van der Waals surface area (Å²) in [5, 5.41) is 0. The van der Waals surface area contributed by atoms with Crippen molar-refractivity contribution in [3.8, 4) is 5.75 Å². The Labute approximate surface area is 111 Å². The van der Waals surface area contributed by atoms with E-state index in [1.807, 2.05) is 6.07 Å². The number of rotatable bonds is 3. The molecule has 0 amide bonds. The first kappa shape index (κ1) is 12.4. The van der Waals surface area contributed by atoms with Gasteiger partial charge < -0.3 is 4.84 Å². The Morgan fingerprint density at radius 2 is 1.74 bits per heavy atom. The van der Waals surface area contributed by atoms with Crippen LogP contribution < -0.4 is 10.7 Å². The standard InChI is InChI=1S/C15H17NO3/c16-19-10-6-7-11(9-4-5-9)12(8-10)15-13(17)2-1-3-14(15)18/h6-9,15H,1-5,16H2. The summed E-state index contributed by atoms with van der Waals surface area (Å²) >= 11 is 0. The quantitative estimate of drug-likeness (QED) is 0.667. The maximum atomic E-state index is 12.1. The van der Waals surface area contributed by atoms with Gasteiger partial charge in [0, 0.05) is 12.8 Å². The zero-order valence-electron chi connectivity index (χ0n) is 10.7. The van der Waals surface area contributed by atoms with Crippen LogP contribution in [0.4, 0.5) is 0 Å². The zero-order valence-corrected chi connectivity index (χ0v) is 10.7. The highest BCUT2D eigenvalue weighted by Crippen LogP contribution is 2.45. The van der Waals surface area contributed by atoms with Crippen molar-refractivity contribution < 1.29 is 14.4 Å². The molecule has 0 heterocycles. The first-order valence-corrected chi connectivity index (χ1v) is 6.76. The molecule has 4 nitrogen and oxygen atoms in total. The van der Waals surface area contributed by atoms with Crippen LogP contribution in [0.2, 0.25) is 0 Å². The van der Waals surface area contributed by atoms with Crippen LogP contribution in [0.5, 0.6) is 5.75 Å². The molecule has 0 radical (unpaired) electrons. The van der Waals surface area contributed by atoms with Crippen molar-refractivity contribution in [2.75, 3.05) is 0 Å². The minimum atomic E-state index is -0.598. The molecule has 1 aromatic carbocycles. The van der Waals surface area contributed by atoms with E-state index in [2.05, 4.69) is 0 Å². The molecular formula is C15H17NO3. The smallest absolute Gasteiger partial charge is 0.147 e. The predicted octanol–water partition coefficient (Wildman–Crippen LogP) is 2.22. The zero-order chi connectivity index (χ0) is 13.4. The molecule has 0 bridgehead atoms. The van der Waals surface area contributed by atoms with E-state index in [0.717, 1.165) is 24.0 Å². The Hall–Kier alpha value is -1.68. The van der Waals surface area contributed by atoms with Crippen molar-refractivity contribution in [2.24, 2.45) is 5.90 Å². The molecule has 0 aliphatic heterocycles. The summed E-state index contributed by atoms with van der Waals surface area (Å²) in [6, 6.07) is 5.51. The van der Waals surface area contributed by atoms with Crippen LogP contribution in [-0.2, 0) is 9.59 Å². The summed E-state index contributed by atoms with van der Waals surface area (Å²) in [4.78, 5) is 29.0. The fourth-order valence-corrected chi connectivity index (χ4v) is 2.89. The van der Waals surface area contributed by atoms with Crippen molar-refractivity contribution >= 4 is 11.6 Å². The Kier molecular flexibility index (Phi) is 3.11. The SMILES string of the molecule is NOc1ccc(C2CC2)c(C2C(=O)CCCC2=O)c1. The monoisotopic (exact) mass is 259 g/mol. The maximum absolute atomic E-state index is 12.1. The number of benzene rings is 1. The molecule has 0 unspecified atom stereocenters. The summed E-state index contributed by atoms with van der Waals surface area (Å²) in [6.45, 7) is 0. The van der Waals surface area contributed by atoms with E-state index in [-0.39, 0.29) is 11.6 Å². The second kappa shape index (κ2) is 4.78. The Bertz CT molecular complexity index is 518. The summed E-state index contributed by atoms with van der Waals surface area (Å²) in [7, 11) is 0. The summed E-state index contributed by atoms with van der Waals surface area (Å²) in [6.07, 6.45) is 3.93. The van der Waals surface area contributed by atoms with Gasteiger partial charge in [-0.25, -0.2) is 0 Å². The van der Waals surface area contributed by atoms with Crippen LogP contribution >= 0.6 is 0 Å². The van der Waals surface area contributed by atoms with E-state index in [4.69, 9.17) is 10.7 Å². The van der Waals surface area contributed by atoms with Gasteiger partial charge >= 0.3 is 0 Å². The maximum Gasteiger partial charge on any atom is 0.147 e. The van der Waals surface area contributed by atoms with Crippen LogP contribution in [0.3, 0.4) is 0 Å². The van der Waals surface area contributed by atoms with Gasteiger partial charge in [0.15, 0.2) is 0 Å². The normalized spacial score (nSPS) is 20.7. The topological polar surface area (TPSA) is 69.4 Å². The third kappa shape index (κ3) is 2.28. The number of carbonyl (C=O) groups excluding carboxylic acids is 2. The Balaban J connectivity index is 2.05. The van der Waals surface area contributed by atoms with Crippen LogP contribution in [-0.4, -0.2) is 11.6 Å². The predicted molar refractivity (Wildman–Crippen MR) is 69.8 cm³/mol. The lowest BCUT2D eigenvalue weighted by atomic mass is 9.79. The molecule has 2 aliphatic rings. The van der Waals surface area contributed by atoms with E-state index in [1.165, 1.54) is 0 Å². The minimum Gasteiger partial charge on any atom is -0.412 e. The minimum absolute atomic E-state index is 0.0346. The molecule has 4 heteroatoms. The fraction of sp³-hybridized carbons (Fsp3) is 0.467. The van der Waals surface area contributed by atoms with Crippen LogP contribution in [0.25, 0.3) is 0 Å². The largest absolute Gasteiger partial charge is 0.412 e. The Morgan fingerprint density at radius 1 is 1.05 bits per heavy atom. The lowest BCUT2D eigenvalue weighted by Gasteiger charge is -2.22. The molecule has 2 fully saturated rings. The van der Waals surface area contributed by atoms with Gasteiger partial charge in [0.1, 0.15) is 23.2 Å². The highest BCUT2D eigenvalue weighted by atomic mass is 16.6. The molecule has 19 heavy (non-hydrogen) atoms. The van der Waals surface area contributed by atoms with Crippen molar-refractivity contribution in [1.82, 2.24) is 0 Å². The van der Waals surface area contributed by atoms with Gasteiger partial charge in [-0.1, -0.05) is 6.07 Å². The number of Topliss-reactive ketones (excluding diaryl/α,β-unsaturated/α-hetero) is 2. The van der Waals surface area contributed by atoms with E-state index in [0.29, 0.717) is 30.9 Å². The summed E-state index contributed by atoms with van der Waals surface area (Å²) in [5.74, 6) is 5.66. The molecular weight excluding hydrogens is 242 g/mol. The van der Waals surface area contributed by atoms with Crippen LogP contribution in [0.1, 0.15) is 55.1 Å². The van der Waals surface area contributed by atoms with Crippen molar-refractivity contribution in [2.45, 2.75) is 43.9 Å². The average molecular weight is 259 g/mol. The van der Waals surface area contributed by atoms with E-state index >= 15 is 0 Å². The number of carbonyl (C=O) groups is 2. The molecule has 1 aromatic rings. The van der Waals surface area contributed by atoms with Crippen LogP contribution in [0.15, 0.2) is 18.2 Å². The number of hydrogen-bond acceptors (Lipinski definition) is 4. The lowest BCUT2D eigenvalue weighted by Crippen LogP contribution is -2.27. The average Bonchev–Trinajstić information content (AvgIpc) is 3.23. The molecule has 3 rings (SSSR count). The summed E-state index contributed by atoms with van der Waals surface area (Å²) < 4.78 is 0. The third-order valence-electron chi connectivity index (χ3n) is 4.01. The molecule has 0 spiro atoms. The van der Waals surface area contributed by atoms with Gasteiger partial charge in [0.25, 0.3) is 0 Å². The molecule has 2 saturated carbocycles. The molecule has 2 aliphatic carbocycles. The first-order valence-electron chi connectivity index (χ1n) is 6.76. The van der Waals surface area contributed by atoms with E-state index in [1.54, 1.807) is 12.1 Å².